The number of aromatic nitrogens is 1. The second-order valence-corrected chi connectivity index (χ2v) is 5.73. The lowest BCUT2D eigenvalue weighted by Gasteiger charge is -2.15. The lowest BCUT2D eigenvalue weighted by molar-refractivity contribution is 0.299. The zero-order valence-electron chi connectivity index (χ0n) is 13.1. The van der Waals surface area contributed by atoms with Gasteiger partial charge < -0.3 is 10.1 Å². The van der Waals surface area contributed by atoms with Gasteiger partial charge in [-0.15, -0.1) is 0 Å². The van der Waals surface area contributed by atoms with Gasteiger partial charge in [-0.25, -0.2) is 0 Å². The summed E-state index contributed by atoms with van der Waals surface area (Å²) in [6.45, 7) is 8.94. The third-order valence-electron chi connectivity index (χ3n) is 3.29. The molecule has 0 aliphatic carbocycles. The molecular formula is C18H24N2O. The van der Waals surface area contributed by atoms with Crippen molar-refractivity contribution in [1.29, 1.82) is 0 Å². The van der Waals surface area contributed by atoms with E-state index in [2.05, 4.69) is 49.3 Å². The molecule has 0 fully saturated rings. The number of benzene rings is 1. The van der Waals surface area contributed by atoms with E-state index in [1.165, 1.54) is 11.1 Å². The van der Waals surface area contributed by atoms with Crippen molar-refractivity contribution in [3.05, 3.63) is 59.4 Å². The first-order valence-electron chi connectivity index (χ1n) is 7.47. The molecular weight excluding hydrogens is 260 g/mol. The van der Waals surface area contributed by atoms with Crippen LogP contribution in [-0.4, -0.2) is 11.5 Å². The fourth-order valence-corrected chi connectivity index (χ4v) is 2.19. The molecule has 1 heterocycles. The van der Waals surface area contributed by atoms with Crippen molar-refractivity contribution in [2.75, 3.05) is 6.54 Å². The predicted octanol–water partition coefficient (Wildman–Crippen LogP) is 3.71. The third kappa shape index (κ3) is 4.87. The van der Waals surface area contributed by atoms with E-state index in [1.807, 2.05) is 12.1 Å². The van der Waals surface area contributed by atoms with Gasteiger partial charge in [0.05, 0.1) is 0 Å². The zero-order chi connectivity index (χ0) is 15.1. The molecule has 2 aromatic rings. The molecule has 0 unspecified atom stereocenters. The molecule has 0 atom stereocenters. The minimum absolute atomic E-state index is 0.574. The molecule has 21 heavy (non-hydrogen) atoms. The van der Waals surface area contributed by atoms with Crippen LogP contribution >= 0.6 is 0 Å². The summed E-state index contributed by atoms with van der Waals surface area (Å²) < 4.78 is 6.04. The van der Waals surface area contributed by atoms with E-state index in [0.29, 0.717) is 12.5 Å². The Bertz CT molecular complexity index is 552. The van der Waals surface area contributed by atoms with Gasteiger partial charge in [0.1, 0.15) is 12.4 Å². The third-order valence-corrected chi connectivity index (χ3v) is 3.29. The molecule has 0 saturated carbocycles. The molecule has 3 nitrogen and oxygen atoms in total. The lowest BCUT2D eigenvalue weighted by atomic mass is 10.1. The van der Waals surface area contributed by atoms with E-state index in [0.717, 1.165) is 24.4 Å². The molecule has 2 rings (SSSR count). The molecule has 3 heteroatoms. The Morgan fingerprint density at radius 1 is 1.14 bits per heavy atom. The van der Waals surface area contributed by atoms with Crippen LogP contribution in [0, 0.1) is 12.8 Å². The molecule has 0 saturated heterocycles. The summed E-state index contributed by atoms with van der Waals surface area (Å²) in [5.74, 6) is 1.64. The van der Waals surface area contributed by atoms with Crippen LogP contribution in [0.4, 0.5) is 0 Å². The monoisotopic (exact) mass is 284 g/mol. The number of pyridine rings is 1. The topological polar surface area (TPSA) is 34.1 Å². The van der Waals surface area contributed by atoms with Crippen molar-refractivity contribution in [2.24, 2.45) is 5.92 Å². The maximum atomic E-state index is 6.04. The number of ether oxygens (including phenoxy) is 1. The first-order valence-corrected chi connectivity index (χ1v) is 7.47. The Labute approximate surface area is 127 Å². The zero-order valence-corrected chi connectivity index (χ0v) is 13.1. The summed E-state index contributed by atoms with van der Waals surface area (Å²) in [6.07, 6.45) is 3.59. The average molecular weight is 284 g/mol. The fourth-order valence-electron chi connectivity index (χ4n) is 2.19. The number of hydrogen-bond donors (Lipinski definition) is 1. The minimum Gasteiger partial charge on any atom is -0.488 e. The van der Waals surface area contributed by atoms with Gasteiger partial charge in [-0.3, -0.25) is 4.98 Å². The molecule has 0 amide bonds. The lowest BCUT2D eigenvalue weighted by Crippen LogP contribution is -2.19. The van der Waals surface area contributed by atoms with Crippen LogP contribution in [0.1, 0.15) is 30.5 Å². The van der Waals surface area contributed by atoms with Crippen molar-refractivity contribution < 1.29 is 4.74 Å². The van der Waals surface area contributed by atoms with Crippen LogP contribution < -0.4 is 10.1 Å². The molecule has 0 spiro atoms. The number of para-hydroxylation sites is 1. The average Bonchev–Trinajstić information content (AvgIpc) is 2.47. The van der Waals surface area contributed by atoms with Gasteiger partial charge in [0.25, 0.3) is 0 Å². The highest BCUT2D eigenvalue weighted by molar-refractivity contribution is 5.40. The predicted molar refractivity (Wildman–Crippen MR) is 86.3 cm³/mol. The molecule has 1 aromatic carbocycles. The first-order chi connectivity index (χ1) is 10.2. The van der Waals surface area contributed by atoms with Crippen LogP contribution in [0.15, 0.2) is 42.7 Å². The second-order valence-electron chi connectivity index (χ2n) is 5.73. The molecule has 0 aliphatic rings. The standard InChI is InChI=1S/C18H24N2O/c1-14(2)11-20-12-17-6-4-5-15(3)18(17)21-13-16-7-9-19-10-8-16/h4-10,14,20H,11-13H2,1-3H3. The highest BCUT2D eigenvalue weighted by Crippen LogP contribution is 2.24. The SMILES string of the molecule is Cc1cccc(CNCC(C)C)c1OCc1ccncc1. The molecule has 1 N–H and O–H groups in total. The van der Waals surface area contributed by atoms with Gasteiger partial charge in [-0.05, 0) is 42.6 Å². The highest BCUT2D eigenvalue weighted by atomic mass is 16.5. The fraction of sp³-hybridized carbons (Fsp3) is 0.389. The van der Waals surface area contributed by atoms with Gasteiger partial charge in [-0.1, -0.05) is 32.0 Å². The van der Waals surface area contributed by atoms with E-state index < -0.39 is 0 Å². The summed E-state index contributed by atoms with van der Waals surface area (Å²) >= 11 is 0. The number of hydrogen-bond acceptors (Lipinski definition) is 3. The molecule has 1 aromatic heterocycles. The minimum atomic E-state index is 0.574. The quantitative estimate of drug-likeness (QED) is 0.841. The maximum absolute atomic E-state index is 6.04. The van der Waals surface area contributed by atoms with E-state index >= 15 is 0 Å². The Balaban J connectivity index is 2.03. The van der Waals surface area contributed by atoms with Crippen molar-refractivity contribution in [3.8, 4) is 5.75 Å². The molecule has 0 bridgehead atoms. The Morgan fingerprint density at radius 3 is 2.62 bits per heavy atom. The Kier molecular flexibility index (Phi) is 5.76. The smallest absolute Gasteiger partial charge is 0.127 e. The van der Waals surface area contributed by atoms with Crippen LogP contribution in [-0.2, 0) is 13.2 Å². The molecule has 0 radical (unpaired) electrons. The number of rotatable bonds is 7. The second kappa shape index (κ2) is 7.79. The van der Waals surface area contributed by atoms with Gasteiger partial charge in [0.2, 0.25) is 0 Å². The summed E-state index contributed by atoms with van der Waals surface area (Å²) in [6, 6.07) is 10.3. The maximum Gasteiger partial charge on any atom is 0.127 e. The van der Waals surface area contributed by atoms with Crippen LogP contribution in [0.3, 0.4) is 0 Å². The van der Waals surface area contributed by atoms with Crippen molar-refractivity contribution in [2.45, 2.75) is 33.9 Å². The number of nitrogens with zero attached hydrogens (tertiary/aromatic N) is 1. The van der Waals surface area contributed by atoms with E-state index in [-0.39, 0.29) is 0 Å². The van der Waals surface area contributed by atoms with Crippen molar-refractivity contribution in [1.82, 2.24) is 10.3 Å². The molecule has 0 aliphatic heterocycles. The Morgan fingerprint density at radius 2 is 1.90 bits per heavy atom. The van der Waals surface area contributed by atoms with Gasteiger partial charge in [0.15, 0.2) is 0 Å². The van der Waals surface area contributed by atoms with Crippen LogP contribution in [0.5, 0.6) is 5.75 Å². The number of aryl methyl sites for hydroxylation is 1. The summed E-state index contributed by atoms with van der Waals surface area (Å²) in [7, 11) is 0. The Hall–Kier alpha value is -1.87. The first kappa shape index (κ1) is 15.5. The summed E-state index contributed by atoms with van der Waals surface area (Å²) in [5.41, 5.74) is 3.52. The van der Waals surface area contributed by atoms with Gasteiger partial charge in [-0.2, -0.15) is 0 Å². The number of nitrogens with one attached hydrogen (secondary N) is 1. The summed E-state index contributed by atoms with van der Waals surface area (Å²) in [4.78, 5) is 4.03. The van der Waals surface area contributed by atoms with Crippen molar-refractivity contribution >= 4 is 0 Å². The van der Waals surface area contributed by atoms with Crippen LogP contribution in [0.25, 0.3) is 0 Å². The largest absolute Gasteiger partial charge is 0.488 e. The summed E-state index contributed by atoms with van der Waals surface area (Å²) in [5, 5.41) is 3.48. The highest BCUT2D eigenvalue weighted by Gasteiger charge is 2.07. The van der Waals surface area contributed by atoms with E-state index in [1.54, 1.807) is 12.4 Å². The van der Waals surface area contributed by atoms with Gasteiger partial charge in [0, 0.05) is 24.5 Å². The van der Waals surface area contributed by atoms with E-state index in [9.17, 15) is 0 Å². The van der Waals surface area contributed by atoms with Gasteiger partial charge >= 0.3 is 0 Å². The van der Waals surface area contributed by atoms with Crippen LogP contribution in [0.2, 0.25) is 0 Å². The van der Waals surface area contributed by atoms with Crippen molar-refractivity contribution in [3.63, 3.8) is 0 Å². The normalized spacial score (nSPS) is 10.9. The molecule has 112 valence electrons. The van der Waals surface area contributed by atoms with E-state index in [4.69, 9.17) is 4.74 Å².